The minimum Gasteiger partial charge on any atom is -0.495 e. The number of halogens is 1. The highest BCUT2D eigenvalue weighted by atomic mass is 35.5. The second-order valence-electron chi connectivity index (χ2n) is 6.16. The summed E-state index contributed by atoms with van der Waals surface area (Å²) in [6.45, 7) is 0. The molecular weight excluding hydrogens is 396 g/mol. The fourth-order valence-electron chi connectivity index (χ4n) is 3.09. The van der Waals surface area contributed by atoms with E-state index in [9.17, 15) is 4.79 Å². The van der Waals surface area contributed by atoms with Crippen LogP contribution in [0.4, 0.5) is 0 Å². The van der Waals surface area contributed by atoms with Crippen molar-refractivity contribution in [3.05, 3.63) is 70.1 Å². The Morgan fingerprint density at radius 2 is 2.00 bits per heavy atom. The fourth-order valence-corrected chi connectivity index (χ4v) is 4.27. The van der Waals surface area contributed by atoms with Crippen LogP contribution < -0.4 is 10.3 Å². The van der Waals surface area contributed by atoms with Crippen LogP contribution in [0.5, 0.6) is 5.75 Å². The second kappa shape index (κ2) is 6.47. The van der Waals surface area contributed by atoms with Crippen LogP contribution in [-0.2, 0) is 0 Å². The lowest BCUT2D eigenvalue weighted by molar-refractivity contribution is 0.415. The van der Waals surface area contributed by atoms with E-state index in [0.29, 0.717) is 22.1 Å². The molecule has 0 aliphatic heterocycles. The van der Waals surface area contributed by atoms with Crippen LogP contribution >= 0.6 is 22.9 Å². The first kappa shape index (κ1) is 17.0. The largest absolute Gasteiger partial charge is 0.495 e. The van der Waals surface area contributed by atoms with Crippen molar-refractivity contribution < 1.29 is 4.74 Å². The SMILES string of the molecule is COc1cc(-c2cc(=O)n3[nH]cc(-c4nc5ccccc5s4)c3n2)ccc1Cl. The summed E-state index contributed by atoms with van der Waals surface area (Å²) >= 11 is 7.67. The molecule has 0 unspecified atom stereocenters. The quantitative estimate of drug-likeness (QED) is 0.472. The van der Waals surface area contributed by atoms with Gasteiger partial charge in [-0.05, 0) is 24.3 Å². The van der Waals surface area contributed by atoms with Gasteiger partial charge in [0, 0.05) is 17.8 Å². The minimum atomic E-state index is -0.207. The van der Waals surface area contributed by atoms with Gasteiger partial charge in [0.05, 0.1) is 33.6 Å². The predicted molar refractivity (Wildman–Crippen MR) is 111 cm³/mol. The molecule has 6 nitrogen and oxygen atoms in total. The van der Waals surface area contributed by atoms with Crippen molar-refractivity contribution in [3.63, 3.8) is 0 Å². The van der Waals surface area contributed by atoms with Gasteiger partial charge in [-0.15, -0.1) is 11.3 Å². The van der Waals surface area contributed by atoms with Crippen LogP contribution in [0.15, 0.2) is 59.5 Å². The van der Waals surface area contributed by atoms with Gasteiger partial charge in [-0.2, -0.15) is 0 Å². The van der Waals surface area contributed by atoms with E-state index < -0.39 is 0 Å². The van der Waals surface area contributed by atoms with Crippen molar-refractivity contribution in [3.8, 4) is 27.6 Å². The Hall–Kier alpha value is -3.16. The Morgan fingerprint density at radius 1 is 1.14 bits per heavy atom. The molecular formula is C20H13ClN4O2S. The fraction of sp³-hybridized carbons (Fsp3) is 0.0500. The average molecular weight is 409 g/mol. The number of fused-ring (bicyclic) bond motifs is 2. The van der Waals surface area contributed by atoms with Gasteiger partial charge in [0.25, 0.3) is 5.56 Å². The molecule has 0 atom stereocenters. The topological polar surface area (TPSA) is 72.3 Å². The molecule has 0 fully saturated rings. The zero-order valence-electron chi connectivity index (χ0n) is 14.6. The highest BCUT2D eigenvalue weighted by Gasteiger charge is 2.16. The number of H-pyrrole nitrogens is 1. The number of benzene rings is 2. The summed E-state index contributed by atoms with van der Waals surface area (Å²) in [4.78, 5) is 22.0. The van der Waals surface area contributed by atoms with E-state index in [1.54, 1.807) is 36.8 Å². The van der Waals surface area contributed by atoms with E-state index in [4.69, 9.17) is 21.3 Å². The second-order valence-corrected chi connectivity index (χ2v) is 7.60. The summed E-state index contributed by atoms with van der Waals surface area (Å²) in [7, 11) is 1.55. The van der Waals surface area contributed by atoms with Crippen LogP contribution in [0.1, 0.15) is 0 Å². The third kappa shape index (κ3) is 2.67. The molecule has 0 bridgehead atoms. The molecule has 0 radical (unpaired) electrons. The number of nitrogens with zero attached hydrogens (tertiary/aromatic N) is 3. The normalized spacial score (nSPS) is 11.4. The van der Waals surface area contributed by atoms with E-state index in [1.165, 1.54) is 10.6 Å². The maximum absolute atomic E-state index is 12.6. The number of thiazole rings is 1. The Morgan fingerprint density at radius 3 is 2.82 bits per heavy atom. The Kier molecular flexibility index (Phi) is 3.92. The highest BCUT2D eigenvalue weighted by Crippen LogP contribution is 2.33. The van der Waals surface area contributed by atoms with Crippen LogP contribution in [-0.4, -0.2) is 26.7 Å². The standard InChI is InChI=1S/C20H13ClN4O2S/c1-27-16-8-11(6-7-13(16)21)15-9-18(26)25-19(23-15)12(10-22-25)20-24-14-4-2-3-5-17(14)28-20/h2-10,22H,1H3. The zero-order chi connectivity index (χ0) is 19.3. The van der Waals surface area contributed by atoms with Gasteiger partial charge in [-0.1, -0.05) is 29.8 Å². The highest BCUT2D eigenvalue weighted by molar-refractivity contribution is 7.21. The molecule has 0 saturated carbocycles. The number of nitrogens with one attached hydrogen (secondary N) is 1. The summed E-state index contributed by atoms with van der Waals surface area (Å²) in [6, 6.07) is 14.7. The van der Waals surface area contributed by atoms with Gasteiger partial charge in [0.15, 0.2) is 5.65 Å². The molecule has 0 saturated heterocycles. The van der Waals surface area contributed by atoms with E-state index in [2.05, 4.69) is 10.1 Å². The molecule has 0 aliphatic carbocycles. The Bertz CT molecular complexity index is 1370. The molecule has 0 spiro atoms. The molecule has 28 heavy (non-hydrogen) atoms. The smallest absolute Gasteiger partial charge is 0.273 e. The number of rotatable bonds is 3. The molecule has 5 rings (SSSR count). The van der Waals surface area contributed by atoms with Crippen molar-refractivity contribution in [2.75, 3.05) is 7.11 Å². The maximum Gasteiger partial charge on any atom is 0.273 e. The molecule has 138 valence electrons. The molecule has 3 aromatic heterocycles. The van der Waals surface area contributed by atoms with Crippen molar-refractivity contribution in [1.82, 2.24) is 19.6 Å². The van der Waals surface area contributed by atoms with Crippen LogP contribution in [0.25, 0.3) is 37.7 Å². The number of aromatic amines is 1. The number of para-hydroxylation sites is 1. The third-order valence-electron chi connectivity index (χ3n) is 4.47. The van der Waals surface area contributed by atoms with Gasteiger partial charge in [-0.25, -0.2) is 14.5 Å². The summed E-state index contributed by atoms with van der Waals surface area (Å²) in [6.07, 6.45) is 1.76. The summed E-state index contributed by atoms with van der Waals surface area (Å²) < 4.78 is 7.78. The monoisotopic (exact) mass is 408 g/mol. The number of hydrogen-bond donors (Lipinski definition) is 1. The first-order valence-corrected chi connectivity index (χ1v) is 9.64. The van der Waals surface area contributed by atoms with Crippen LogP contribution in [0, 0.1) is 0 Å². The van der Waals surface area contributed by atoms with Crippen LogP contribution in [0.3, 0.4) is 0 Å². The third-order valence-corrected chi connectivity index (χ3v) is 5.85. The van der Waals surface area contributed by atoms with E-state index >= 15 is 0 Å². The molecule has 3 heterocycles. The van der Waals surface area contributed by atoms with Gasteiger partial charge >= 0.3 is 0 Å². The van der Waals surface area contributed by atoms with E-state index in [1.807, 2.05) is 30.3 Å². The van der Waals surface area contributed by atoms with E-state index in [-0.39, 0.29) is 5.56 Å². The molecule has 0 amide bonds. The minimum absolute atomic E-state index is 0.207. The Labute approximate surface area is 168 Å². The first-order chi connectivity index (χ1) is 13.6. The maximum atomic E-state index is 12.6. The van der Waals surface area contributed by atoms with Crippen molar-refractivity contribution in [2.24, 2.45) is 0 Å². The lowest BCUT2D eigenvalue weighted by Crippen LogP contribution is -2.14. The van der Waals surface area contributed by atoms with Gasteiger partial charge < -0.3 is 4.74 Å². The predicted octanol–water partition coefficient (Wildman–Crippen LogP) is 4.63. The van der Waals surface area contributed by atoms with Gasteiger partial charge in [0.1, 0.15) is 10.8 Å². The number of methoxy groups -OCH3 is 1. The lowest BCUT2D eigenvalue weighted by Gasteiger charge is -2.06. The summed E-state index contributed by atoms with van der Waals surface area (Å²) in [5.74, 6) is 0.529. The zero-order valence-corrected chi connectivity index (χ0v) is 16.2. The summed E-state index contributed by atoms with van der Waals surface area (Å²) in [5.41, 5.74) is 3.31. The van der Waals surface area contributed by atoms with Crippen molar-refractivity contribution >= 4 is 38.8 Å². The number of ether oxygens (including phenoxy) is 1. The van der Waals surface area contributed by atoms with Gasteiger partial charge in [-0.3, -0.25) is 9.89 Å². The lowest BCUT2D eigenvalue weighted by atomic mass is 10.1. The molecule has 5 aromatic rings. The molecule has 8 heteroatoms. The van der Waals surface area contributed by atoms with Gasteiger partial charge in [0.2, 0.25) is 0 Å². The Balaban J connectivity index is 1.72. The molecule has 0 aliphatic rings. The molecule has 1 N–H and O–H groups in total. The van der Waals surface area contributed by atoms with Crippen molar-refractivity contribution in [1.29, 1.82) is 0 Å². The van der Waals surface area contributed by atoms with Crippen LogP contribution in [0.2, 0.25) is 5.02 Å². The number of hydrogen-bond acceptors (Lipinski definition) is 5. The first-order valence-electron chi connectivity index (χ1n) is 8.45. The summed E-state index contributed by atoms with van der Waals surface area (Å²) in [5, 5.41) is 4.28. The number of aromatic nitrogens is 4. The average Bonchev–Trinajstić information content (AvgIpc) is 3.32. The molecule has 2 aromatic carbocycles. The van der Waals surface area contributed by atoms with Crippen molar-refractivity contribution in [2.45, 2.75) is 0 Å². The van der Waals surface area contributed by atoms with E-state index in [0.717, 1.165) is 26.4 Å².